The van der Waals surface area contributed by atoms with E-state index in [2.05, 4.69) is 24.5 Å². The molecule has 55 heavy (non-hydrogen) atoms. The third-order valence-electron chi connectivity index (χ3n) is 10.1. The molecule has 2 heterocycles. The van der Waals surface area contributed by atoms with E-state index in [1.165, 1.54) is 44.5 Å². The molecule has 2 aliphatic carbocycles. The normalized spacial score (nSPS) is 21.2. The third kappa shape index (κ3) is 8.57. The Bertz CT molecular complexity index is 1910. The molecule has 2 aromatic carbocycles. The van der Waals surface area contributed by atoms with E-state index in [0.29, 0.717) is 32.3 Å². The topological polar surface area (TPSA) is 214 Å². The highest BCUT2D eigenvalue weighted by Crippen LogP contribution is 2.68. The summed E-state index contributed by atoms with van der Waals surface area (Å²) < 4.78 is -1.13. The van der Waals surface area contributed by atoms with Gasteiger partial charge in [-0.05, 0) is 103 Å². The Kier molecular flexibility index (Phi) is 11.4. The number of carbonyl (C=O) groups is 6. The van der Waals surface area contributed by atoms with E-state index in [-0.39, 0.29) is 24.9 Å². The molecule has 4 aliphatic rings. The number of amides is 2. The number of carboxylic acids is 4. The summed E-state index contributed by atoms with van der Waals surface area (Å²) in [6, 6.07) is 13.7. The summed E-state index contributed by atoms with van der Waals surface area (Å²) >= 11 is 2.96. The number of benzene rings is 2. The Morgan fingerprint density at radius 1 is 0.582 bits per heavy atom. The van der Waals surface area contributed by atoms with E-state index in [1.54, 1.807) is 48.5 Å². The molecular weight excluding hydrogens is 749 g/mol. The molecule has 1 fully saturated rings. The smallest absolute Gasteiger partial charge is 0.317 e. The summed E-state index contributed by atoms with van der Waals surface area (Å²) in [7, 11) is 0. The lowest BCUT2D eigenvalue weighted by atomic mass is 9.72. The molecule has 0 bridgehead atoms. The van der Waals surface area contributed by atoms with Crippen molar-refractivity contribution in [2.75, 3.05) is 36.8 Å². The molecule has 0 spiro atoms. The van der Waals surface area contributed by atoms with Gasteiger partial charge in [0.05, 0.1) is 45.5 Å². The minimum Gasteiger partial charge on any atom is -0.480 e. The molecule has 0 radical (unpaired) electrons. The number of allylic oxidation sites excluding steroid dienone is 4. The zero-order valence-electron chi connectivity index (χ0n) is 30.1. The lowest BCUT2D eigenvalue weighted by Gasteiger charge is -2.46. The lowest BCUT2D eigenvalue weighted by molar-refractivity contribution is -0.144. The molecule has 6 N–H and O–H groups in total. The molecule has 2 amide bonds. The number of aliphatic carboxylic acids is 4. The van der Waals surface area contributed by atoms with Crippen LogP contribution >= 0.6 is 23.5 Å². The Morgan fingerprint density at radius 2 is 0.909 bits per heavy atom. The number of hydrogen-bond donors (Lipinski definition) is 6. The molecule has 14 nitrogen and oxygen atoms in total. The minimum absolute atomic E-state index is 0.114. The first-order chi connectivity index (χ1) is 26.0. The second kappa shape index (κ2) is 15.9. The molecule has 16 heteroatoms. The zero-order chi connectivity index (χ0) is 39.7. The molecule has 2 atom stereocenters. The van der Waals surface area contributed by atoms with Gasteiger partial charge in [0.15, 0.2) is 0 Å². The largest absolute Gasteiger partial charge is 0.480 e. The van der Waals surface area contributed by atoms with Crippen LogP contribution in [-0.2, 0) is 41.9 Å². The number of nitrogens with zero attached hydrogens (tertiary/aromatic N) is 2. The van der Waals surface area contributed by atoms with Crippen LogP contribution in [0.25, 0.3) is 0 Å². The minimum atomic E-state index is -1.13. The average Bonchev–Trinajstić information content (AvgIpc) is 3.81. The van der Waals surface area contributed by atoms with Crippen molar-refractivity contribution in [3.05, 3.63) is 104 Å². The third-order valence-corrected chi connectivity index (χ3v) is 13.4. The number of carbonyl (C=O) groups excluding carboxylic acids is 2. The van der Waals surface area contributed by atoms with Crippen molar-refractivity contribution in [3.63, 3.8) is 0 Å². The van der Waals surface area contributed by atoms with Crippen LogP contribution in [0.5, 0.6) is 0 Å². The maximum absolute atomic E-state index is 13.7. The Balaban J connectivity index is 1.13. The van der Waals surface area contributed by atoms with Gasteiger partial charge in [-0.2, -0.15) is 0 Å². The van der Waals surface area contributed by atoms with Crippen LogP contribution in [0.15, 0.2) is 92.8 Å². The van der Waals surface area contributed by atoms with Gasteiger partial charge >= 0.3 is 23.9 Å². The predicted octanol–water partition coefficient (Wildman–Crippen LogP) is 4.78. The van der Waals surface area contributed by atoms with Gasteiger partial charge in [-0.25, -0.2) is 0 Å². The summed E-state index contributed by atoms with van der Waals surface area (Å²) in [6.45, 7) is 2.79. The first-order valence-corrected chi connectivity index (χ1v) is 19.1. The predicted molar refractivity (Wildman–Crippen MR) is 207 cm³/mol. The maximum atomic E-state index is 13.7. The van der Waals surface area contributed by atoms with E-state index < -0.39 is 59.6 Å². The second-order valence-electron chi connectivity index (χ2n) is 14.1. The number of fused-ring (bicyclic) bond motifs is 4. The quantitative estimate of drug-likeness (QED) is 0.135. The summed E-state index contributed by atoms with van der Waals surface area (Å²) in [6.07, 6.45) is 6.66. The molecule has 6 rings (SSSR count). The molecule has 2 aromatic rings. The van der Waals surface area contributed by atoms with Gasteiger partial charge in [0.25, 0.3) is 11.8 Å². The molecule has 1 saturated carbocycles. The molecule has 288 valence electrons. The van der Waals surface area contributed by atoms with Gasteiger partial charge in [0, 0.05) is 24.5 Å². The number of thioether (sulfide) groups is 2. The summed E-state index contributed by atoms with van der Waals surface area (Å²) in [5, 5.41) is 42.5. The zero-order valence-corrected chi connectivity index (χ0v) is 31.7. The van der Waals surface area contributed by atoms with E-state index in [4.69, 9.17) is 20.4 Å². The lowest BCUT2D eigenvalue weighted by Crippen LogP contribution is -2.47. The van der Waals surface area contributed by atoms with Crippen molar-refractivity contribution < 1.29 is 49.2 Å². The van der Waals surface area contributed by atoms with Gasteiger partial charge in [0.1, 0.15) is 0 Å². The Morgan fingerprint density at radius 3 is 1.22 bits per heavy atom. The number of anilines is 2. The van der Waals surface area contributed by atoms with E-state index in [0.717, 1.165) is 30.4 Å². The van der Waals surface area contributed by atoms with E-state index in [9.17, 15) is 28.8 Å². The van der Waals surface area contributed by atoms with Crippen LogP contribution in [0.4, 0.5) is 11.4 Å². The monoisotopic (exact) mass is 788 g/mol. The van der Waals surface area contributed by atoms with Gasteiger partial charge in [-0.1, -0.05) is 24.3 Å². The van der Waals surface area contributed by atoms with Crippen LogP contribution in [0, 0.1) is 0 Å². The van der Waals surface area contributed by atoms with Crippen LogP contribution in [0.1, 0.15) is 44.2 Å². The van der Waals surface area contributed by atoms with Gasteiger partial charge in [-0.15, -0.1) is 23.5 Å². The van der Waals surface area contributed by atoms with E-state index >= 15 is 0 Å². The van der Waals surface area contributed by atoms with Crippen LogP contribution in [-0.4, -0.2) is 102 Å². The van der Waals surface area contributed by atoms with Gasteiger partial charge < -0.3 is 31.1 Å². The standard InChI is InChI=1S/C39H40N4O10S2/c1-38-28(14-30(54-38)36(52)40-24-10-6-22(7-11-24)16-42(18-32(44)45)19-33(46)47)26-4-3-5-27(26)29-15-31(55-39(29,38)2)37(53)41-25-12-8-23(9-13-25)17-43(20-34(48)49)21-35(50)51/h6-15H,3-5,16-21H2,1-2H3,(H,40,52)(H,41,53)(H,44,45)(H,46,47)(H,48,49)(H,50,51). The summed E-state index contributed by atoms with van der Waals surface area (Å²) in [5.74, 6) is -5.08. The molecule has 0 saturated heterocycles. The SMILES string of the molecule is CC12SC(C(=O)Nc3ccc(CN(CC(=O)O)CC(=O)O)cc3)=CC1=C1CCCC1=C1C=C(C(=O)Nc3ccc(CN(CC(=O)O)CC(=O)O)cc3)SC12C. The number of hydrogen-bond acceptors (Lipinski definition) is 10. The van der Waals surface area contributed by atoms with Gasteiger partial charge in [0.2, 0.25) is 0 Å². The molecule has 2 unspecified atom stereocenters. The summed E-state index contributed by atoms with van der Waals surface area (Å²) in [4.78, 5) is 75.9. The highest BCUT2D eigenvalue weighted by atomic mass is 32.2. The van der Waals surface area contributed by atoms with Crippen molar-refractivity contribution >= 4 is 70.6 Å². The van der Waals surface area contributed by atoms with Crippen molar-refractivity contribution in [2.45, 2.75) is 55.7 Å². The van der Waals surface area contributed by atoms with Crippen molar-refractivity contribution in [2.24, 2.45) is 0 Å². The van der Waals surface area contributed by atoms with Crippen molar-refractivity contribution in [1.29, 1.82) is 0 Å². The fourth-order valence-electron chi connectivity index (χ4n) is 7.56. The fourth-order valence-corrected chi connectivity index (χ4v) is 10.5. The van der Waals surface area contributed by atoms with Crippen molar-refractivity contribution in [3.8, 4) is 0 Å². The first kappa shape index (κ1) is 39.5. The molecular formula is C39H40N4O10S2. The van der Waals surface area contributed by atoms with Gasteiger partial charge in [-0.3, -0.25) is 38.6 Å². The fraction of sp³-hybridized carbons (Fsp3) is 0.333. The highest BCUT2D eigenvalue weighted by Gasteiger charge is 2.60. The maximum Gasteiger partial charge on any atom is 0.317 e. The highest BCUT2D eigenvalue weighted by molar-refractivity contribution is 8.10. The summed E-state index contributed by atoms with van der Waals surface area (Å²) in [5.41, 5.74) is 7.07. The number of nitrogens with one attached hydrogen (secondary N) is 2. The number of carboxylic acid groups (broad SMARTS) is 4. The Labute approximate surface area is 325 Å². The first-order valence-electron chi connectivity index (χ1n) is 17.5. The van der Waals surface area contributed by atoms with Crippen LogP contribution in [0.3, 0.4) is 0 Å². The average molecular weight is 789 g/mol. The van der Waals surface area contributed by atoms with Crippen molar-refractivity contribution in [1.82, 2.24) is 9.80 Å². The van der Waals surface area contributed by atoms with Crippen LogP contribution < -0.4 is 10.6 Å². The van der Waals surface area contributed by atoms with Crippen LogP contribution in [0.2, 0.25) is 0 Å². The second-order valence-corrected chi connectivity index (χ2v) is 17.0. The van der Waals surface area contributed by atoms with E-state index in [1.807, 2.05) is 12.2 Å². The number of rotatable bonds is 16. The molecule has 0 aromatic heterocycles. The molecule has 2 aliphatic heterocycles. The Hall–Kier alpha value is -5.16.